The molecule has 1 unspecified atom stereocenters. The zero-order valence-corrected chi connectivity index (χ0v) is 21.6. The van der Waals surface area contributed by atoms with E-state index in [0.717, 1.165) is 11.1 Å². The van der Waals surface area contributed by atoms with Gasteiger partial charge >= 0.3 is 6.09 Å². The van der Waals surface area contributed by atoms with Gasteiger partial charge in [-0.25, -0.2) is 9.78 Å². The van der Waals surface area contributed by atoms with Gasteiger partial charge in [0.2, 0.25) is 5.88 Å². The van der Waals surface area contributed by atoms with Crippen LogP contribution in [0.2, 0.25) is 0 Å². The lowest BCUT2D eigenvalue weighted by atomic mass is 9.70. The molecule has 1 aliphatic heterocycles. The predicted octanol–water partition coefficient (Wildman–Crippen LogP) is 6.64. The Morgan fingerprint density at radius 1 is 0.972 bits per heavy atom. The van der Waals surface area contributed by atoms with E-state index in [1.54, 1.807) is 30.5 Å². The van der Waals surface area contributed by atoms with Crippen LogP contribution in [0.3, 0.4) is 0 Å². The Kier molecular flexibility index (Phi) is 6.29. The highest BCUT2D eigenvalue weighted by atomic mass is 16.5. The number of carboxylic acid groups (broad SMARTS) is 1. The van der Waals surface area contributed by atoms with E-state index in [-0.39, 0.29) is 17.7 Å². The fourth-order valence-electron chi connectivity index (χ4n) is 4.90. The SMILES string of the molecule is CC(C)(C)c1ccccc1Oc1ncccc1NC(=O)C1(C(C)(C)C)Cc2ccccc2N1C(=O)O. The number of carbonyl (C=O) groups is 2. The van der Waals surface area contributed by atoms with Gasteiger partial charge in [0, 0.05) is 18.2 Å². The molecule has 0 spiro atoms. The summed E-state index contributed by atoms with van der Waals surface area (Å²) in [7, 11) is 0. The van der Waals surface area contributed by atoms with Crippen LogP contribution in [0.25, 0.3) is 0 Å². The van der Waals surface area contributed by atoms with Gasteiger partial charge in [0.15, 0.2) is 0 Å². The predicted molar refractivity (Wildman–Crippen MR) is 141 cm³/mol. The van der Waals surface area contributed by atoms with Crippen molar-refractivity contribution in [1.82, 2.24) is 4.98 Å². The van der Waals surface area contributed by atoms with E-state index >= 15 is 0 Å². The number of para-hydroxylation sites is 2. The first-order valence-electron chi connectivity index (χ1n) is 12.0. The molecule has 1 aromatic heterocycles. The summed E-state index contributed by atoms with van der Waals surface area (Å²) in [4.78, 5) is 32.2. The van der Waals surface area contributed by atoms with Crippen molar-refractivity contribution >= 4 is 23.4 Å². The van der Waals surface area contributed by atoms with E-state index in [2.05, 4.69) is 31.1 Å². The number of anilines is 2. The number of nitrogens with zero attached hydrogens (tertiary/aromatic N) is 2. The van der Waals surface area contributed by atoms with Crippen molar-refractivity contribution in [2.24, 2.45) is 5.41 Å². The molecule has 1 aliphatic rings. The van der Waals surface area contributed by atoms with Crippen molar-refractivity contribution in [1.29, 1.82) is 0 Å². The first-order chi connectivity index (χ1) is 16.9. The zero-order chi connectivity index (χ0) is 26.3. The summed E-state index contributed by atoms with van der Waals surface area (Å²) >= 11 is 0. The van der Waals surface area contributed by atoms with Gasteiger partial charge < -0.3 is 15.2 Å². The van der Waals surface area contributed by atoms with Crippen LogP contribution < -0.4 is 15.0 Å². The molecule has 2 heterocycles. The molecule has 2 amide bonds. The first kappa shape index (κ1) is 25.2. The van der Waals surface area contributed by atoms with Gasteiger partial charge in [-0.2, -0.15) is 0 Å². The van der Waals surface area contributed by atoms with Crippen molar-refractivity contribution in [3.63, 3.8) is 0 Å². The van der Waals surface area contributed by atoms with Gasteiger partial charge in [-0.15, -0.1) is 0 Å². The van der Waals surface area contributed by atoms with E-state index in [1.165, 1.54) is 4.90 Å². The fraction of sp³-hybridized carbons (Fsp3) is 0.345. The van der Waals surface area contributed by atoms with Gasteiger partial charge in [-0.3, -0.25) is 9.69 Å². The fourth-order valence-corrected chi connectivity index (χ4v) is 4.90. The summed E-state index contributed by atoms with van der Waals surface area (Å²) in [6, 6.07) is 18.4. The summed E-state index contributed by atoms with van der Waals surface area (Å²) in [5.41, 5.74) is 0.445. The van der Waals surface area contributed by atoms with Crippen LogP contribution in [0.5, 0.6) is 11.6 Å². The number of amides is 2. The molecule has 2 aromatic carbocycles. The monoisotopic (exact) mass is 487 g/mol. The number of carbonyl (C=O) groups excluding carboxylic acids is 1. The molecule has 7 nitrogen and oxygen atoms in total. The second-order valence-electron chi connectivity index (χ2n) is 11.2. The number of ether oxygens (including phenoxy) is 1. The maximum atomic E-state index is 14.1. The smallest absolute Gasteiger partial charge is 0.412 e. The molecule has 0 aliphatic carbocycles. The van der Waals surface area contributed by atoms with Crippen LogP contribution in [0.1, 0.15) is 52.7 Å². The van der Waals surface area contributed by atoms with Gasteiger partial charge in [0.25, 0.3) is 5.91 Å². The molecule has 0 fully saturated rings. The first-order valence-corrected chi connectivity index (χ1v) is 12.0. The number of rotatable bonds is 4. The summed E-state index contributed by atoms with van der Waals surface area (Å²) in [6.45, 7) is 11.9. The number of pyridine rings is 1. The van der Waals surface area contributed by atoms with E-state index in [1.807, 2.05) is 57.2 Å². The van der Waals surface area contributed by atoms with Gasteiger partial charge in [-0.05, 0) is 40.7 Å². The second-order valence-corrected chi connectivity index (χ2v) is 11.2. The van der Waals surface area contributed by atoms with E-state index < -0.39 is 23.0 Å². The number of benzene rings is 2. The summed E-state index contributed by atoms with van der Waals surface area (Å²) in [5.74, 6) is 0.449. The van der Waals surface area contributed by atoms with Crippen LogP contribution in [0.4, 0.5) is 16.2 Å². The van der Waals surface area contributed by atoms with Crippen LogP contribution >= 0.6 is 0 Å². The molecule has 188 valence electrons. The third kappa shape index (κ3) is 4.30. The lowest BCUT2D eigenvalue weighted by Crippen LogP contribution is -2.64. The number of hydrogen-bond donors (Lipinski definition) is 2. The van der Waals surface area contributed by atoms with Crippen LogP contribution in [0.15, 0.2) is 66.9 Å². The quantitative estimate of drug-likeness (QED) is 0.431. The highest BCUT2D eigenvalue weighted by molar-refractivity contribution is 6.09. The molecule has 36 heavy (non-hydrogen) atoms. The second kappa shape index (κ2) is 8.97. The highest BCUT2D eigenvalue weighted by Gasteiger charge is 2.59. The molecule has 0 radical (unpaired) electrons. The standard InChI is InChI=1S/C29H33N3O4/c1-27(2,3)20-13-8-10-16-23(20)36-24-21(14-11-17-30-24)31-25(33)29(28(4,5)6)18-19-12-7-9-15-22(19)32(29)26(34)35/h7-17H,18H2,1-6H3,(H,31,33)(H,34,35). The number of hydrogen-bond acceptors (Lipinski definition) is 4. The molecular formula is C29H33N3O4. The minimum atomic E-state index is -1.38. The number of aromatic nitrogens is 1. The van der Waals surface area contributed by atoms with Crippen molar-refractivity contribution in [3.8, 4) is 11.6 Å². The Morgan fingerprint density at radius 2 is 1.64 bits per heavy atom. The molecule has 0 bridgehead atoms. The Hall–Kier alpha value is -3.87. The Balaban J connectivity index is 1.74. The van der Waals surface area contributed by atoms with Gasteiger partial charge in [0.1, 0.15) is 17.0 Å². The summed E-state index contributed by atoms with van der Waals surface area (Å²) in [6.07, 6.45) is 0.680. The lowest BCUT2D eigenvalue weighted by Gasteiger charge is -2.45. The van der Waals surface area contributed by atoms with E-state index in [0.29, 0.717) is 17.1 Å². The summed E-state index contributed by atoms with van der Waals surface area (Å²) < 4.78 is 6.23. The third-order valence-electron chi connectivity index (χ3n) is 6.79. The number of nitrogens with one attached hydrogen (secondary N) is 1. The van der Waals surface area contributed by atoms with Crippen molar-refractivity contribution in [2.75, 3.05) is 10.2 Å². The Morgan fingerprint density at radius 3 is 2.31 bits per heavy atom. The molecule has 0 saturated heterocycles. The van der Waals surface area contributed by atoms with Crippen LogP contribution in [-0.2, 0) is 16.6 Å². The third-order valence-corrected chi connectivity index (χ3v) is 6.79. The van der Waals surface area contributed by atoms with E-state index in [9.17, 15) is 14.7 Å². The summed E-state index contributed by atoms with van der Waals surface area (Å²) in [5, 5.41) is 13.2. The molecule has 4 rings (SSSR count). The van der Waals surface area contributed by atoms with E-state index in [4.69, 9.17) is 4.74 Å². The highest BCUT2D eigenvalue weighted by Crippen LogP contribution is 2.49. The minimum absolute atomic E-state index is 0.164. The lowest BCUT2D eigenvalue weighted by molar-refractivity contribution is -0.124. The topological polar surface area (TPSA) is 91.8 Å². The maximum Gasteiger partial charge on any atom is 0.412 e. The average molecular weight is 488 g/mol. The van der Waals surface area contributed by atoms with Gasteiger partial charge in [0.05, 0.1) is 5.69 Å². The molecule has 0 saturated carbocycles. The molecular weight excluding hydrogens is 454 g/mol. The van der Waals surface area contributed by atoms with Crippen molar-refractivity contribution in [3.05, 3.63) is 78.0 Å². The number of fused-ring (bicyclic) bond motifs is 1. The molecule has 7 heteroatoms. The van der Waals surface area contributed by atoms with Crippen molar-refractivity contribution < 1.29 is 19.4 Å². The van der Waals surface area contributed by atoms with Crippen LogP contribution in [0, 0.1) is 5.41 Å². The zero-order valence-electron chi connectivity index (χ0n) is 21.6. The minimum Gasteiger partial charge on any atom is -0.465 e. The van der Waals surface area contributed by atoms with Crippen molar-refractivity contribution in [2.45, 2.75) is 58.9 Å². The molecule has 3 aromatic rings. The normalized spacial score (nSPS) is 17.4. The molecule has 2 N–H and O–H groups in total. The maximum absolute atomic E-state index is 14.1. The largest absolute Gasteiger partial charge is 0.465 e. The average Bonchev–Trinajstić information content (AvgIpc) is 3.17. The molecule has 1 atom stereocenters. The van der Waals surface area contributed by atoms with Crippen LogP contribution in [-0.4, -0.2) is 27.6 Å². The van der Waals surface area contributed by atoms with Gasteiger partial charge in [-0.1, -0.05) is 77.9 Å². The Bertz CT molecular complexity index is 1310. The Labute approximate surface area is 212 Å².